The number of likely N-dealkylation sites (tertiary alicyclic amines) is 1. The van der Waals surface area contributed by atoms with Crippen molar-refractivity contribution in [2.24, 2.45) is 5.92 Å². The molecule has 0 N–H and O–H groups in total. The Morgan fingerprint density at radius 3 is 2.39 bits per heavy atom. The molecule has 2 amide bonds. The van der Waals surface area contributed by atoms with E-state index >= 15 is 0 Å². The lowest BCUT2D eigenvalue weighted by Crippen LogP contribution is -2.43. The summed E-state index contributed by atoms with van der Waals surface area (Å²) in [4.78, 5) is 41.3. The number of halogens is 1. The zero-order valence-corrected chi connectivity index (χ0v) is 17.4. The minimum Gasteiger partial charge on any atom is -0.452 e. The summed E-state index contributed by atoms with van der Waals surface area (Å²) in [6.45, 7) is 3.02. The van der Waals surface area contributed by atoms with Gasteiger partial charge in [0.25, 0.3) is 11.8 Å². The minimum atomic E-state index is -0.863. The van der Waals surface area contributed by atoms with Crippen molar-refractivity contribution in [3.63, 3.8) is 0 Å². The van der Waals surface area contributed by atoms with Gasteiger partial charge in [0.15, 0.2) is 6.10 Å². The Hall–Kier alpha value is -3.22. The first-order valence-electron chi connectivity index (χ1n) is 10.6. The molecule has 162 valence electrons. The highest BCUT2D eigenvalue weighted by Crippen LogP contribution is 2.28. The lowest BCUT2D eigenvalue weighted by Gasteiger charge is -2.31. The van der Waals surface area contributed by atoms with Gasteiger partial charge >= 0.3 is 5.97 Å². The van der Waals surface area contributed by atoms with Gasteiger partial charge in [-0.15, -0.1) is 0 Å². The molecule has 0 aliphatic carbocycles. The van der Waals surface area contributed by atoms with E-state index in [1.807, 2.05) is 24.3 Å². The Balaban J connectivity index is 1.29. The van der Waals surface area contributed by atoms with Crippen LogP contribution in [-0.4, -0.2) is 48.4 Å². The van der Waals surface area contributed by atoms with E-state index in [1.54, 1.807) is 16.7 Å². The van der Waals surface area contributed by atoms with E-state index in [9.17, 15) is 18.8 Å². The van der Waals surface area contributed by atoms with Crippen LogP contribution < -0.4 is 4.90 Å². The van der Waals surface area contributed by atoms with Crippen LogP contribution in [0.25, 0.3) is 0 Å². The average Bonchev–Trinajstić information content (AvgIpc) is 3.23. The third kappa shape index (κ3) is 4.45. The highest BCUT2D eigenvalue weighted by molar-refractivity contribution is 5.99. The number of piperidine rings is 1. The zero-order valence-electron chi connectivity index (χ0n) is 17.4. The first-order chi connectivity index (χ1) is 14.9. The van der Waals surface area contributed by atoms with Crippen molar-refractivity contribution in [1.29, 1.82) is 0 Å². The number of amides is 2. The first-order valence-corrected chi connectivity index (χ1v) is 10.6. The number of ether oxygens (including phenoxy) is 1. The van der Waals surface area contributed by atoms with E-state index in [0.29, 0.717) is 38.0 Å². The minimum absolute atomic E-state index is 0.178. The van der Waals surface area contributed by atoms with Crippen LogP contribution in [0, 0.1) is 11.7 Å². The molecular formula is C24H25FN2O4. The normalized spacial score (nSPS) is 17.2. The molecule has 2 aliphatic rings. The Morgan fingerprint density at radius 2 is 1.68 bits per heavy atom. The molecular weight excluding hydrogens is 399 g/mol. The van der Waals surface area contributed by atoms with Crippen LogP contribution >= 0.6 is 0 Å². The van der Waals surface area contributed by atoms with Gasteiger partial charge in [-0.25, -0.2) is 4.39 Å². The van der Waals surface area contributed by atoms with Crippen molar-refractivity contribution < 1.29 is 23.5 Å². The molecule has 2 heterocycles. The fourth-order valence-electron chi connectivity index (χ4n) is 4.20. The summed E-state index contributed by atoms with van der Waals surface area (Å²) in [6.07, 6.45) is 0.874. The largest absolute Gasteiger partial charge is 0.452 e. The lowest BCUT2D eigenvalue weighted by molar-refractivity contribution is -0.159. The fourth-order valence-corrected chi connectivity index (χ4v) is 4.20. The van der Waals surface area contributed by atoms with Gasteiger partial charge in [-0.2, -0.15) is 0 Å². The van der Waals surface area contributed by atoms with Crippen molar-refractivity contribution in [2.45, 2.75) is 32.3 Å². The van der Waals surface area contributed by atoms with Crippen molar-refractivity contribution in [3.8, 4) is 0 Å². The standard InChI is InChI=1S/C24H25FN2O4/c1-16(22(28)27-15-12-17-4-2-3-5-21(17)27)31-24(30)19-10-13-26(14-11-19)23(29)18-6-8-20(25)9-7-18/h2-9,16,19H,10-15H2,1H3/t16-/m1/s1. The van der Waals surface area contributed by atoms with E-state index in [2.05, 4.69) is 0 Å². The SMILES string of the molecule is C[C@@H](OC(=O)C1CCN(C(=O)c2ccc(F)cc2)CC1)C(=O)N1CCc2ccccc21. The topological polar surface area (TPSA) is 66.9 Å². The van der Waals surface area contributed by atoms with Crippen molar-refractivity contribution in [2.75, 3.05) is 24.5 Å². The number of rotatable bonds is 4. The van der Waals surface area contributed by atoms with Gasteiger partial charge in [0.1, 0.15) is 5.82 Å². The molecule has 1 atom stereocenters. The van der Waals surface area contributed by atoms with Gasteiger partial charge < -0.3 is 14.5 Å². The Bertz CT molecular complexity index is 983. The number of hydrogen-bond donors (Lipinski definition) is 0. The maximum atomic E-state index is 13.1. The van der Waals surface area contributed by atoms with Crippen molar-refractivity contribution in [3.05, 3.63) is 65.5 Å². The van der Waals surface area contributed by atoms with E-state index < -0.39 is 12.1 Å². The maximum Gasteiger partial charge on any atom is 0.309 e. The molecule has 0 spiro atoms. The number of para-hydroxylation sites is 1. The van der Waals surface area contributed by atoms with Crippen LogP contribution in [0.1, 0.15) is 35.7 Å². The Kier molecular flexibility index (Phi) is 6.02. The van der Waals surface area contributed by atoms with Crippen LogP contribution in [0.5, 0.6) is 0 Å². The molecule has 0 saturated carbocycles. The molecule has 1 fully saturated rings. The first kappa shape index (κ1) is 21.0. The molecule has 7 heteroatoms. The summed E-state index contributed by atoms with van der Waals surface area (Å²) in [5.41, 5.74) is 2.42. The highest BCUT2D eigenvalue weighted by atomic mass is 19.1. The summed E-state index contributed by atoms with van der Waals surface area (Å²) >= 11 is 0. The van der Waals surface area contributed by atoms with Crippen LogP contribution in [0.15, 0.2) is 48.5 Å². The monoisotopic (exact) mass is 424 g/mol. The number of anilines is 1. The molecule has 31 heavy (non-hydrogen) atoms. The summed E-state index contributed by atoms with van der Waals surface area (Å²) < 4.78 is 18.6. The smallest absolute Gasteiger partial charge is 0.309 e. The summed E-state index contributed by atoms with van der Waals surface area (Å²) in [6, 6.07) is 13.2. The van der Waals surface area contributed by atoms with Gasteiger partial charge in [0.2, 0.25) is 0 Å². The molecule has 4 rings (SSSR count). The number of esters is 1. The van der Waals surface area contributed by atoms with Gasteiger partial charge in [-0.1, -0.05) is 18.2 Å². The molecule has 0 unspecified atom stereocenters. The maximum absolute atomic E-state index is 13.1. The van der Waals surface area contributed by atoms with Gasteiger partial charge in [0, 0.05) is 30.9 Å². The predicted molar refractivity (Wildman–Crippen MR) is 113 cm³/mol. The van der Waals surface area contributed by atoms with Crippen molar-refractivity contribution >= 4 is 23.5 Å². The fraction of sp³-hybridized carbons (Fsp3) is 0.375. The summed E-state index contributed by atoms with van der Waals surface area (Å²) in [7, 11) is 0. The number of carbonyl (C=O) groups is 3. The second-order valence-electron chi connectivity index (χ2n) is 8.02. The highest BCUT2D eigenvalue weighted by Gasteiger charge is 2.33. The van der Waals surface area contributed by atoms with Crippen LogP contribution in [0.3, 0.4) is 0 Å². The third-order valence-electron chi connectivity index (χ3n) is 6.00. The Labute approximate surface area is 180 Å². The van der Waals surface area contributed by atoms with E-state index in [4.69, 9.17) is 4.74 Å². The number of benzene rings is 2. The molecule has 6 nitrogen and oxygen atoms in total. The summed E-state index contributed by atoms with van der Waals surface area (Å²) in [5, 5.41) is 0. The lowest BCUT2D eigenvalue weighted by atomic mass is 9.96. The quantitative estimate of drug-likeness (QED) is 0.707. The van der Waals surface area contributed by atoms with E-state index in [-0.39, 0.29) is 23.5 Å². The molecule has 2 aromatic rings. The van der Waals surface area contributed by atoms with E-state index in [1.165, 1.54) is 24.3 Å². The van der Waals surface area contributed by atoms with Gasteiger partial charge in [-0.3, -0.25) is 14.4 Å². The number of nitrogens with zero attached hydrogens (tertiary/aromatic N) is 2. The van der Waals surface area contributed by atoms with Gasteiger partial charge in [0.05, 0.1) is 5.92 Å². The number of fused-ring (bicyclic) bond motifs is 1. The van der Waals surface area contributed by atoms with E-state index in [0.717, 1.165) is 17.7 Å². The van der Waals surface area contributed by atoms with Crippen LogP contribution in [0.2, 0.25) is 0 Å². The molecule has 2 aromatic carbocycles. The number of carbonyl (C=O) groups excluding carboxylic acids is 3. The second-order valence-corrected chi connectivity index (χ2v) is 8.02. The van der Waals surface area contributed by atoms with Gasteiger partial charge in [-0.05, 0) is 62.1 Å². The third-order valence-corrected chi connectivity index (χ3v) is 6.00. The average molecular weight is 424 g/mol. The molecule has 0 radical (unpaired) electrons. The molecule has 0 aromatic heterocycles. The van der Waals surface area contributed by atoms with Crippen LogP contribution in [-0.2, 0) is 20.7 Å². The van der Waals surface area contributed by atoms with Crippen molar-refractivity contribution in [1.82, 2.24) is 4.90 Å². The van der Waals surface area contributed by atoms with Crippen LogP contribution in [0.4, 0.5) is 10.1 Å². The number of hydrogen-bond acceptors (Lipinski definition) is 4. The molecule has 0 bridgehead atoms. The summed E-state index contributed by atoms with van der Waals surface area (Å²) in [5.74, 6) is -1.54. The molecule has 1 saturated heterocycles. The second kappa shape index (κ2) is 8.88. The predicted octanol–water partition coefficient (Wildman–Crippen LogP) is 3.20. The molecule has 2 aliphatic heterocycles. The Morgan fingerprint density at radius 1 is 1.00 bits per heavy atom. The zero-order chi connectivity index (χ0) is 22.0.